The summed E-state index contributed by atoms with van der Waals surface area (Å²) >= 11 is 0. The summed E-state index contributed by atoms with van der Waals surface area (Å²) in [6.45, 7) is 8.59. The molecule has 0 aromatic heterocycles. The lowest BCUT2D eigenvalue weighted by molar-refractivity contribution is -0.119. The van der Waals surface area contributed by atoms with Crippen molar-refractivity contribution in [2.75, 3.05) is 26.8 Å². The number of primary amides is 1. The number of nitrogens with zero attached hydrogens (tertiary/aromatic N) is 1. The summed E-state index contributed by atoms with van der Waals surface area (Å²) in [7, 11) is 1.66. The lowest BCUT2D eigenvalue weighted by Gasteiger charge is -2.23. The third-order valence-corrected chi connectivity index (χ3v) is 3.21. The molecule has 0 aliphatic rings. The van der Waals surface area contributed by atoms with Gasteiger partial charge in [-0.15, -0.1) is 0 Å². The summed E-state index contributed by atoms with van der Waals surface area (Å²) < 4.78 is 5.08. The van der Waals surface area contributed by atoms with E-state index in [1.165, 1.54) is 22.3 Å². The molecule has 0 atom stereocenters. The molecule has 0 fully saturated rings. The van der Waals surface area contributed by atoms with Gasteiger partial charge in [0.1, 0.15) is 0 Å². The standard InChI is InChI=1S/C15H24N2O2/c1-11-7-12(2)14(13(3)8-11)9-17(5-6-19-4)10-15(16)18/h7-8H,5-6,9-10H2,1-4H3,(H2,16,18). The van der Waals surface area contributed by atoms with Gasteiger partial charge in [0.2, 0.25) is 5.91 Å². The molecule has 0 radical (unpaired) electrons. The maximum Gasteiger partial charge on any atom is 0.231 e. The number of ether oxygens (including phenoxy) is 1. The number of benzene rings is 1. The van der Waals surface area contributed by atoms with E-state index in [9.17, 15) is 4.79 Å². The number of amides is 1. The Kier molecular flexibility index (Phi) is 5.99. The molecular weight excluding hydrogens is 240 g/mol. The highest BCUT2D eigenvalue weighted by atomic mass is 16.5. The predicted molar refractivity (Wildman–Crippen MR) is 77.0 cm³/mol. The Hall–Kier alpha value is -1.39. The third-order valence-electron chi connectivity index (χ3n) is 3.21. The summed E-state index contributed by atoms with van der Waals surface area (Å²) in [5.41, 5.74) is 10.3. The Balaban J connectivity index is 2.86. The van der Waals surface area contributed by atoms with Crippen molar-refractivity contribution in [2.45, 2.75) is 27.3 Å². The van der Waals surface area contributed by atoms with Crippen molar-refractivity contribution >= 4 is 5.91 Å². The molecule has 1 rings (SSSR count). The molecule has 1 amide bonds. The van der Waals surface area contributed by atoms with E-state index in [1.807, 2.05) is 4.90 Å². The van der Waals surface area contributed by atoms with Crippen LogP contribution < -0.4 is 5.73 Å². The quantitative estimate of drug-likeness (QED) is 0.813. The number of carbonyl (C=O) groups excluding carboxylic acids is 1. The van der Waals surface area contributed by atoms with Crippen LogP contribution in [0, 0.1) is 20.8 Å². The lowest BCUT2D eigenvalue weighted by atomic mass is 9.99. The van der Waals surface area contributed by atoms with E-state index < -0.39 is 0 Å². The maximum absolute atomic E-state index is 11.1. The molecule has 2 N–H and O–H groups in total. The SMILES string of the molecule is COCCN(CC(N)=O)Cc1c(C)cc(C)cc1C. The monoisotopic (exact) mass is 264 g/mol. The normalized spacial score (nSPS) is 11.0. The van der Waals surface area contributed by atoms with Crippen molar-refractivity contribution in [3.63, 3.8) is 0 Å². The van der Waals surface area contributed by atoms with Gasteiger partial charge in [0.25, 0.3) is 0 Å². The van der Waals surface area contributed by atoms with Crippen molar-refractivity contribution in [3.05, 3.63) is 34.4 Å². The van der Waals surface area contributed by atoms with Crippen LogP contribution in [0.2, 0.25) is 0 Å². The Morgan fingerprint density at radius 1 is 1.26 bits per heavy atom. The number of methoxy groups -OCH3 is 1. The molecule has 0 saturated heterocycles. The Bertz CT molecular complexity index is 421. The zero-order chi connectivity index (χ0) is 14.4. The molecule has 106 valence electrons. The van der Waals surface area contributed by atoms with E-state index in [2.05, 4.69) is 32.9 Å². The highest BCUT2D eigenvalue weighted by Crippen LogP contribution is 2.18. The molecule has 0 aliphatic carbocycles. The molecule has 0 unspecified atom stereocenters. The first-order valence-electron chi connectivity index (χ1n) is 6.50. The van der Waals surface area contributed by atoms with E-state index in [4.69, 9.17) is 10.5 Å². The van der Waals surface area contributed by atoms with Crippen LogP contribution in [0.3, 0.4) is 0 Å². The third kappa shape index (κ3) is 5.01. The molecule has 0 heterocycles. The van der Waals surface area contributed by atoms with E-state index in [0.717, 1.165) is 6.54 Å². The first kappa shape index (κ1) is 15.7. The molecule has 1 aromatic rings. The van der Waals surface area contributed by atoms with Crippen LogP contribution in [-0.2, 0) is 16.1 Å². The molecule has 0 saturated carbocycles. The van der Waals surface area contributed by atoms with E-state index >= 15 is 0 Å². The number of hydrogen-bond donors (Lipinski definition) is 1. The number of hydrogen-bond acceptors (Lipinski definition) is 3. The fourth-order valence-electron chi connectivity index (χ4n) is 2.34. The second-order valence-electron chi connectivity index (χ2n) is 5.05. The molecule has 0 spiro atoms. The highest BCUT2D eigenvalue weighted by Gasteiger charge is 2.12. The number of aryl methyl sites for hydroxylation is 3. The second-order valence-corrected chi connectivity index (χ2v) is 5.05. The summed E-state index contributed by atoms with van der Waals surface area (Å²) in [6, 6.07) is 4.34. The molecule has 4 heteroatoms. The minimum Gasteiger partial charge on any atom is -0.383 e. The number of rotatable bonds is 7. The van der Waals surface area contributed by atoms with Crippen molar-refractivity contribution < 1.29 is 9.53 Å². The largest absolute Gasteiger partial charge is 0.383 e. The van der Waals surface area contributed by atoms with Gasteiger partial charge >= 0.3 is 0 Å². The van der Waals surface area contributed by atoms with Gasteiger partial charge in [-0.05, 0) is 37.5 Å². The average molecular weight is 264 g/mol. The van der Waals surface area contributed by atoms with Crippen LogP contribution in [0.15, 0.2) is 12.1 Å². The van der Waals surface area contributed by atoms with Crippen LogP contribution in [-0.4, -0.2) is 37.6 Å². The van der Waals surface area contributed by atoms with Gasteiger partial charge in [0.05, 0.1) is 13.2 Å². The van der Waals surface area contributed by atoms with Gasteiger partial charge in [-0.1, -0.05) is 17.7 Å². The van der Waals surface area contributed by atoms with Gasteiger partial charge in [-0.25, -0.2) is 0 Å². The summed E-state index contributed by atoms with van der Waals surface area (Å²) in [6.07, 6.45) is 0. The number of nitrogens with two attached hydrogens (primary N) is 1. The van der Waals surface area contributed by atoms with E-state index in [0.29, 0.717) is 13.2 Å². The van der Waals surface area contributed by atoms with Crippen molar-refractivity contribution in [1.82, 2.24) is 4.90 Å². The highest BCUT2D eigenvalue weighted by molar-refractivity contribution is 5.75. The lowest BCUT2D eigenvalue weighted by Crippen LogP contribution is -2.35. The van der Waals surface area contributed by atoms with Gasteiger partial charge in [-0.3, -0.25) is 9.69 Å². The predicted octanol–water partition coefficient (Wildman–Crippen LogP) is 1.55. The Labute approximate surface area is 115 Å². The van der Waals surface area contributed by atoms with E-state index in [1.54, 1.807) is 7.11 Å². The molecule has 1 aromatic carbocycles. The van der Waals surface area contributed by atoms with Gasteiger partial charge < -0.3 is 10.5 Å². The van der Waals surface area contributed by atoms with Crippen LogP contribution in [0.1, 0.15) is 22.3 Å². The van der Waals surface area contributed by atoms with Crippen molar-refractivity contribution in [2.24, 2.45) is 5.73 Å². The van der Waals surface area contributed by atoms with E-state index in [-0.39, 0.29) is 12.5 Å². The minimum absolute atomic E-state index is 0.260. The van der Waals surface area contributed by atoms with Crippen LogP contribution in [0.4, 0.5) is 0 Å². The molecule has 0 bridgehead atoms. The summed E-state index contributed by atoms with van der Waals surface area (Å²) in [4.78, 5) is 13.2. The minimum atomic E-state index is -0.307. The van der Waals surface area contributed by atoms with Crippen LogP contribution in [0.25, 0.3) is 0 Å². The van der Waals surface area contributed by atoms with Crippen molar-refractivity contribution in [3.8, 4) is 0 Å². The maximum atomic E-state index is 11.1. The van der Waals surface area contributed by atoms with Crippen LogP contribution in [0.5, 0.6) is 0 Å². The van der Waals surface area contributed by atoms with Gasteiger partial charge in [0, 0.05) is 20.2 Å². The van der Waals surface area contributed by atoms with Gasteiger partial charge in [0.15, 0.2) is 0 Å². The Morgan fingerprint density at radius 3 is 2.32 bits per heavy atom. The zero-order valence-corrected chi connectivity index (χ0v) is 12.3. The summed E-state index contributed by atoms with van der Waals surface area (Å²) in [5, 5.41) is 0. The first-order valence-corrected chi connectivity index (χ1v) is 6.50. The topological polar surface area (TPSA) is 55.6 Å². The second kappa shape index (κ2) is 7.26. The molecule has 4 nitrogen and oxygen atoms in total. The average Bonchev–Trinajstić information content (AvgIpc) is 2.29. The fraction of sp³-hybridized carbons (Fsp3) is 0.533. The molecule has 19 heavy (non-hydrogen) atoms. The van der Waals surface area contributed by atoms with Crippen molar-refractivity contribution in [1.29, 1.82) is 0 Å². The molecular formula is C15H24N2O2. The zero-order valence-electron chi connectivity index (χ0n) is 12.3. The molecule has 0 aliphatic heterocycles. The first-order chi connectivity index (χ1) is 8.93. The fourth-order valence-corrected chi connectivity index (χ4v) is 2.34. The number of carbonyl (C=O) groups is 1. The van der Waals surface area contributed by atoms with Crippen LogP contribution >= 0.6 is 0 Å². The Morgan fingerprint density at radius 2 is 1.84 bits per heavy atom. The summed E-state index contributed by atoms with van der Waals surface area (Å²) in [5.74, 6) is -0.307. The smallest absolute Gasteiger partial charge is 0.231 e. The van der Waals surface area contributed by atoms with Gasteiger partial charge in [-0.2, -0.15) is 0 Å².